The Balaban J connectivity index is 2.01. The summed E-state index contributed by atoms with van der Waals surface area (Å²) in [6.07, 6.45) is 5.25. The smallest absolute Gasteiger partial charge is 0.266 e. The van der Waals surface area contributed by atoms with Gasteiger partial charge in [0, 0.05) is 34.3 Å². The number of amides is 1. The number of carbonyl (C=O) groups is 1. The van der Waals surface area contributed by atoms with Gasteiger partial charge in [-0.3, -0.25) is 9.78 Å². The van der Waals surface area contributed by atoms with Gasteiger partial charge in [-0.1, -0.05) is 20.8 Å². The Kier molecular flexibility index (Phi) is 4.67. The third-order valence-corrected chi connectivity index (χ3v) is 6.82. The Morgan fingerprint density at radius 3 is 2.76 bits per heavy atom. The van der Waals surface area contributed by atoms with Gasteiger partial charge in [-0.05, 0) is 30.3 Å². The molecule has 0 bridgehead atoms. The summed E-state index contributed by atoms with van der Waals surface area (Å²) in [7, 11) is -2.54. The first kappa shape index (κ1) is 17.3. The lowest BCUT2D eigenvalue weighted by Gasteiger charge is -2.10. The van der Waals surface area contributed by atoms with Crippen LogP contribution in [0.15, 0.2) is 53.3 Å². The molecule has 1 unspecified atom stereocenters. The second kappa shape index (κ2) is 6.76. The Bertz CT molecular complexity index is 1030. The fourth-order valence-electron chi connectivity index (χ4n) is 2.48. The predicted molar refractivity (Wildman–Crippen MR) is 99.4 cm³/mol. The van der Waals surface area contributed by atoms with Crippen molar-refractivity contribution >= 4 is 26.5 Å². The zero-order valence-corrected chi connectivity index (χ0v) is 15.2. The highest BCUT2D eigenvalue weighted by Gasteiger charge is 2.16. The van der Waals surface area contributed by atoms with E-state index in [0.717, 1.165) is 16.6 Å². The topological polar surface area (TPSA) is 77.2 Å². The highest BCUT2D eigenvalue weighted by molar-refractivity contribution is 7.94. The van der Waals surface area contributed by atoms with E-state index >= 15 is 0 Å². The monoisotopic (exact) mass is 356 g/mol. The van der Waals surface area contributed by atoms with Gasteiger partial charge in [0.05, 0.1) is 27.1 Å². The summed E-state index contributed by atoms with van der Waals surface area (Å²) >= 11 is 0. The molecule has 0 radical (unpaired) electrons. The lowest BCUT2D eigenvalue weighted by atomic mass is 10.1. The van der Waals surface area contributed by atoms with Gasteiger partial charge in [-0.2, -0.15) is 9.46 Å². The van der Waals surface area contributed by atoms with Gasteiger partial charge < -0.3 is 0 Å². The van der Waals surface area contributed by atoms with Crippen LogP contribution in [0.4, 0.5) is 0 Å². The third-order valence-electron chi connectivity index (χ3n) is 4.05. The van der Waals surface area contributed by atoms with Crippen molar-refractivity contribution in [3.05, 3.63) is 54.5 Å². The molecule has 7 heteroatoms. The molecule has 0 aliphatic rings. The average molecular weight is 356 g/mol. The molecule has 0 fully saturated rings. The molecule has 1 aromatic carbocycles. The minimum atomic E-state index is -2.54. The fraction of sp³-hybridized carbons (Fsp3) is 0.278. The second-order valence-electron chi connectivity index (χ2n) is 5.98. The van der Waals surface area contributed by atoms with Crippen LogP contribution in [-0.2, 0) is 9.73 Å². The number of aromatic nitrogens is 3. The van der Waals surface area contributed by atoms with Crippen molar-refractivity contribution in [2.45, 2.75) is 26.0 Å². The van der Waals surface area contributed by atoms with Crippen molar-refractivity contribution in [3.8, 4) is 5.69 Å². The molecule has 3 aromatic rings. The van der Waals surface area contributed by atoms with Crippen LogP contribution in [0.2, 0.25) is 0 Å². The maximum atomic E-state index is 12.7. The number of pyridine rings is 1. The number of nitrogens with zero attached hydrogens (tertiary/aromatic N) is 4. The van der Waals surface area contributed by atoms with Crippen LogP contribution in [0.3, 0.4) is 0 Å². The van der Waals surface area contributed by atoms with Crippen molar-refractivity contribution < 1.29 is 9.00 Å². The van der Waals surface area contributed by atoms with Gasteiger partial charge in [-0.25, -0.2) is 8.89 Å². The first-order valence-electron chi connectivity index (χ1n) is 8.11. The zero-order valence-electron chi connectivity index (χ0n) is 14.4. The number of hydrogen-bond acceptors (Lipinski definition) is 4. The van der Waals surface area contributed by atoms with Crippen molar-refractivity contribution in [1.82, 2.24) is 14.8 Å². The molecule has 130 valence electrons. The summed E-state index contributed by atoms with van der Waals surface area (Å²) in [5, 5.41) is 5.13. The molecule has 0 aliphatic heterocycles. The van der Waals surface area contributed by atoms with Gasteiger partial charge in [0.2, 0.25) is 0 Å². The van der Waals surface area contributed by atoms with Crippen molar-refractivity contribution in [2.75, 3.05) is 5.75 Å². The van der Waals surface area contributed by atoms with Crippen LogP contribution >= 0.6 is 0 Å². The molecule has 1 atom stereocenters. The van der Waals surface area contributed by atoms with E-state index in [9.17, 15) is 9.00 Å². The SMILES string of the molecule is CCS(=O)(=NC(=O)c1ccc2nn(-c3cccnc3)cc2c1)C(C)C. The highest BCUT2D eigenvalue weighted by atomic mass is 32.2. The molecular formula is C18H20N4O2S. The normalized spacial score (nSPS) is 13.8. The minimum Gasteiger partial charge on any atom is -0.266 e. The maximum absolute atomic E-state index is 12.7. The summed E-state index contributed by atoms with van der Waals surface area (Å²) in [5.41, 5.74) is 2.02. The molecular weight excluding hydrogens is 336 g/mol. The molecule has 0 aliphatic carbocycles. The van der Waals surface area contributed by atoms with E-state index in [1.165, 1.54) is 0 Å². The number of hydrogen-bond donors (Lipinski definition) is 0. The van der Waals surface area contributed by atoms with Gasteiger partial charge in [-0.15, -0.1) is 0 Å². The summed E-state index contributed by atoms with van der Waals surface area (Å²) < 4.78 is 18.4. The van der Waals surface area contributed by atoms with E-state index < -0.39 is 15.6 Å². The molecule has 0 spiro atoms. The number of fused-ring (bicyclic) bond motifs is 1. The molecule has 2 heterocycles. The number of rotatable bonds is 4. The van der Waals surface area contributed by atoms with Crippen LogP contribution in [0.5, 0.6) is 0 Å². The average Bonchev–Trinajstić information content (AvgIpc) is 3.05. The molecule has 1 amide bonds. The molecule has 0 saturated carbocycles. The van der Waals surface area contributed by atoms with Crippen LogP contribution in [0.1, 0.15) is 31.1 Å². The summed E-state index contributed by atoms with van der Waals surface area (Å²) in [6.45, 7) is 5.44. The summed E-state index contributed by atoms with van der Waals surface area (Å²) in [5.74, 6) is -0.0889. The van der Waals surface area contributed by atoms with Crippen LogP contribution in [0.25, 0.3) is 16.6 Å². The lowest BCUT2D eigenvalue weighted by molar-refractivity contribution is 0.100. The zero-order chi connectivity index (χ0) is 18.0. The standard InChI is InChI=1S/C18H20N4O2S/c1-4-25(24,13(2)3)21-18(23)14-7-8-17-15(10-14)12-22(20-17)16-6-5-9-19-11-16/h5-13H,4H2,1-3H3. The Labute approximate surface area is 147 Å². The first-order chi connectivity index (χ1) is 11.9. The van der Waals surface area contributed by atoms with Crippen molar-refractivity contribution in [3.63, 3.8) is 0 Å². The van der Waals surface area contributed by atoms with Crippen LogP contribution in [0, 0.1) is 0 Å². The van der Waals surface area contributed by atoms with Gasteiger partial charge in [0.1, 0.15) is 0 Å². The van der Waals surface area contributed by atoms with Crippen LogP contribution in [-0.4, -0.2) is 35.9 Å². The Morgan fingerprint density at radius 2 is 2.12 bits per heavy atom. The molecule has 3 rings (SSSR count). The van der Waals surface area contributed by atoms with E-state index in [0.29, 0.717) is 11.3 Å². The molecule has 0 saturated heterocycles. The second-order valence-corrected chi connectivity index (χ2v) is 9.06. The van der Waals surface area contributed by atoms with Crippen LogP contribution < -0.4 is 0 Å². The molecule has 0 N–H and O–H groups in total. The van der Waals surface area contributed by atoms with E-state index in [2.05, 4.69) is 14.4 Å². The van der Waals surface area contributed by atoms with E-state index in [-0.39, 0.29) is 5.25 Å². The molecule has 2 aromatic heterocycles. The molecule has 25 heavy (non-hydrogen) atoms. The largest absolute Gasteiger partial charge is 0.285 e. The summed E-state index contributed by atoms with van der Waals surface area (Å²) in [4.78, 5) is 16.5. The first-order valence-corrected chi connectivity index (χ1v) is 9.85. The van der Waals surface area contributed by atoms with E-state index in [1.807, 2.05) is 32.2 Å². The lowest BCUT2D eigenvalue weighted by Crippen LogP contribution is -2.18. The number of carbonyl (C=O) groups excluding carboxylic acids is 1. The quantitative estimate of drug-likeness (QED) is 0.717. The van der Waals surface area contributed by atoms with E-state index in [1.54, 1.807) is 42.2 Å². The molecule has 6 nitrogen and oxygen atoms in total. The Morgan fingerprint density at radius 1 is 1.32 bits per heavy atom. The van der Waals surface area contributed by atoms with E-state index in [4.69, 9.17) is 0 Å². The number of benzene rings is 1. The highest BCUT2D eigenvalue weighted by Crippen LogP contribution is 2.18. The summed E-state index contributed by atoms with van der Waals surface area (Å²) in [6, 6.07) is 8.91. The maximum Gasteiger partial charge on any atom is 0.285 e. The van der Waals surface area contributed by atoms with Gasteiger partial charge in [0.15, 0.2) is 0 Å². The third kappa shape index (κ3) is 3.46. The minimum absolute atomic E-state index is 0.168. The van der Waals surface area contributed by atoms with Crippen molar-refractivity contribution in [2.24, 2.45) is 4.36 Å². The predicted octanol–water partition coefficient (Wildman–Crippen LogP) is 3.46. The Hall–Kier alpha value is -2.54. The van der Waals surface area contributed by atoms with Gasteiger partial charge in [0.25, 0.3) is 5.91 Å². The fourth-order valence-corrected chi connectivity index (χ4v) is 3.87. The van der Waals surface area contributed by atoms with Crippen molar-refractivity contribution in [1.29, 1.82) is 0 Å². The van der Waals surface area contributed by atoms with Gasteiger partial charge >= 0.3 is 0 Å².